The van der Waals surface area contributed by atoms with Crippen molar-refractivity contribution in [1.82, 2.24) is 10.2 Å². The van der Waals surface area contributed by atoms with Crippen LogP contribution in [-0.2, 0) is 11.3 Å². The Kier molecular flexibility index (Phi) is 5.34. The van der Waals surface area contributed by atoms with Gasteiger partial charge >= 0.3 is 0 Å². The van der Waals surface area contributed by atoms with Crippen LogP contribution < -0.4 is 5.32 Å². The predicted molar refractivity (Wildman–Crippen MR) is 76.2 cm³/mol. The zero-order chi connectivity index (χ0) is 13.7. The molecular weight excluding hydrogens is 311 g/mol. The Hall–Kier alpha value is -0.940. The van der Waals surface area contributed by atoms with Gasteiger partial charge in [-0.05, 0) is 43.0 Å². The van der Waals surface area contributed by atoms with Crippen LogP contribution in [0, 0.1) is 5.82 Å². The number of hydrogen-bond acceptors (Lipinski definition) is 2. The van der Waals surface area contributed by atoms with Crippen LogP contribution in [-0.4, -0.2) is 30.4 Å². The van der Waals surface area contributed by atoms with Gasteiger partial charge in [0.1, 0.15) is 5.82 Å². The van der Waals surface area contributed by atoms with Crippen molar-refractivity contribution in [3.05, 3.63) is 34.1 Å². The Morgan fingerprint density at radius 1 is 1.32 bits per heavy atom. The molecule has 104 valence electrons. The number of nitrogens with zero attached hydrogens (tertiary/aromatic N) is 1. The van der Waals surface area contributed by atoms with Crippen molar-refractivity contribution in [1.29, 1.82) is 0 Å². The Labute approximate surface area is 121 Å². The van der Waals surface area contributed by atoms with Crippen LogP contribution in [0.15, 0.2) is 22.7 Å². The van der Waals surface area contributed by atoms with Crippen LogP contribution in [0.4, 0.5) is 4.39 Å². The predicted octanol–water partition coefficient (Wildman–Crippen LogP) is 2.69. The smallest absolute Gasteiger partial charge is 0.236 e. The molecule has 1 N–H and O–H groups in total. The summed E-state index contributed by atoms with van der Waals surface area (Å²) in [6.45, 7) is 2.52. The average molecular weight is 329 g/mol. The number of hydrogen-bond donors (Lipinski definition) is 1. The maximum atomic E-state index is 13.1. The first-order valence-corrected chi connectivity index (χ1v) is 7.38. The van der Waals surface area contributed by atoms with Crippen LogP contribution in [0.1, 0.15) is 24.8 Å². The van der Waals surface area contributed by atoms with Crippen LogP contribution in [0.2, 0.25) is 0 Å². The molecule has 1 aliphatic rings. The molecule has 1 aromatic carbocycles. The van der Waals surface area contributed by atoms with E-state index in [4.69, 9.17) is 0 Å². The maximum absolute atomic E-state index is 13.1. The Morgan fingerprint density at radius 3 is 2.79 bits per heavy atom. The molecule has 1 heterocycles. The minimum atomic E-state index is -0.262. The molecule has 0 saturated carbocycles. The highest BCUT2D eigenvalue weighted by Crippen LogP contribution is 2.17. The van der Waals surface area contributed by atoms with E-state index in [1.165, 1.54) is 18.6 Å². The van der Waals surface area contributed by atoms with Crippen molar-refractivity contribution in [2.75, 3.05) is 19.6 Å². The summed E-state index contributed by atoms with van der Waals surface area (Å²) in [5.74, 6) is -0.130. The lowest BCUT2D eigenvalue weighted by Crippen LogP contribution is -2.41. The van der Waals surface area contributed by atoms with Gasteiger partial charge < -0.3 is 10.2 Å². The number of halogens is 2. The van der Waals surface area contributed by atoms with Crippen molar-refractivity contribution in [3.63, 3.8) is 0 Å². The zero-order valence-electron chi connectivity index (χ0n) is 10.8. The molecule has 1 aromatic rings. The Bertz CT molecular complexity index is 447. The number of carbonyl (C=O) groups excluding carboxylic acids is 1. The van der Waals surface area contributed by atoms with E-state index in [1.54, 1.807) is 6.07 Å². The second-order valence-electron chi connectivity index (χ2n) is 4.78. The highest BCUT2D eigenvalue weighted by molar-refractivity contribution is 9.10. The third-order valence-electron chi connectivity index (χ3n) is 3.31. The molecule has 0 radical (unpaired) electrons. The number of carbonyl (C=O) groups is 1. The number of benzene rings is 1. The van der Waals surface area contributed by atoms with Crippen molar-refractivity contribution in [2.45, 2.75) is 25.8 Å². The van der Waals surface area contributed by atoms with Gasteiger partial charge in [0, 0.05) is 24.1 Å². The standard InChI is InChI=1S/C14H18BrFN2O/c15-13-5-4-12(16)8-11(13)9-17-10-14(19)18-6-2-1-3-7-18/h4-5,8,17H,1-3,6-7,9-10H2. The topological polar surface area (TPSA) is 32.3 Å². The summed E-state index contributed by atoms with van der Waals surface area (Å²) in [5, 5.41) is 3.08. The van der Waals surface area contributed by atoms with Gasteiger partial charge in [-0.1, -0.05) is 15.9 Å². The summed E-state index contributed by atoms with van der Waals surface area (Å²) in [4.78, 5) is 13.8. The highest BCUT2D eigenvalue weighted by atomic mass is 79.9. The van der Waals surface area contributed by atoms with E-state index < -0.39 is 0 Å². The molecule has 1 fully saturated rings. The summed E-state index contributed by atoms with van der Waals surface area (Å²) in [7, 11) is 0. The number of nitrogens with one attached hydrogen (secondary N) is 1. The molecule has 0 spiro atoms. The molecular formula is C14H18BrFN2O. The molecule has 19 heavy (non-hydrogen) atoms. The minimum Gasteiger partial charge on any atom is -0.342 e. The lowest BCUT2D eigenvalue weighted by molar-refractivity contribution is -0.131. The van der Waals surface area contributed by atoms with Crippen LogP contribution in [0.5, 0.6) is 0 Å². The first kappa shape index (κ1) is 14.5. The minimum absolute atomic E-state index is 0.132. The van der Waals surface area contributed by atoms with Crippen molar-refractivity contribution in [3.8, 4) is 0 Å². The quantitative estimate of drug-likeness (QED) is 0.921. The average Bonchev–Trinajstić information content (AvgIpc) is 2.43. The van der Waals surface area contributed by atoms with Crippen molar-refractivity contribution >= 4 is 21.8 Å². The summed E-state index contributed by atoms with van der Waals surface area (Å²) in [5.41, 5.74) is 0.825. The zero-order valence-corrected chi connectivity index (χ0v) is 12.4. The first-order valence-electron chi connectivity index (χ1n) is 6.59. The van der Waals surface area contributed by atoms with Crippen LogP contribution in [0.25, 0.3) is 0 Å². The SMILES string of the molecule is O=C(CNCc1cc(F)ccc1Br)N1CCCCC1. The molecule has 2 rings (SSSR count). The second kappa shape index (κ2) is 7.01. The van der Waals surface area contributed by atoms with Gasteiger partial charge in [-0.25, -0.2) is 4.39 Å². The molecule has 1 saturated heterocycles. The molecule has 3 nitrogen and oxygen atoms in total. The van der Waals surface area contributed by atoms with Gasteiger partial charge in [-0.3, -0.25) is 4.79 Å². The van der Waals surface area contributed by atoms with Crippen LogP contribution >= 0.6 is 15.9 Å². The number of piperidine rings is 1. The summed E-state index contributed by atoms with van der Waals surface area (Å²) < 4.78 is 14.0. The van der Waals surface area contributed by atoms with E-state index in [1.807, 2.05) is 4.90 Å². The fourth-order valence-corrected chi connectivity index (χ4v) is 2.62. The van der Waals surface area contributed by atoms with Crippen molar-refractivity contribution < 1.29 is 9.18 Å². The van der Waals surface area contributed by atoms with Gasteiger partial charge in [-0.2, -0.15) is 0 Å². The largest absolute Gasteiger partial charge is 0.342 e. The van der Waals surface area contributed by atoms with Gasteiger partial charge in [0.15, 0.2) is 0 Å². The third-order valence-corrected chi connectivity index (χ3v) is 4.08. The fraction of sp³-hybridized carbons (Fsp3) is 0.500. The summed E-state index contributed by atoms with van der Waals surface area (Å²) >= 11 is 3.37. The normalized spacial score (nSPS) is 15.6. The molecule has 1 amide bonds. The van der Waals surface area contributed by atoms with Gasteiger partial charge in [0.2, 0.25) is 5.91 Å². The number of rotatable bonds is 4. The van der Waals surface area contributed by atoms with E-state index >= 15 is 0 Å². The van der Waals surface area contributed by atoms with E-state index in [2.05, 4.69) is 21.2 Å². The van der Waals surface area contributed by atoms with E-state index in [-0.39, 0.29) is 11.7 Å². The van der Waals surface area contributed by atoms with Crippen molar-refractivity contribution in [2.24, 2.45) is 0 Å². The molecule has 0 aliphatic carbocycles. The molecule has 5 heteroatoms. The Balaban J connectivity index is 1.79. The summed E-state index contributed by atoms with van der Waals surface area (Å²) in [6, 6.07) is 4.56. The van der Waals surface area contributed by atoms with E-state index in [9.17, 15) is 9.18 Å². The Morgan fingerprint density at radius 2 is 2.05 bits per heavy atom. The number of likely N-dealkylation sites (tertiary alicyclic amines) is 1. The molecule has 0 atom stereocenters. The first-order chi connectivity index (χ1) is 9.16. The lowest BCUT2D eigenvalue weighted by atomic mass is 10.1. The maximum Gasteiger partial charge on any atom is 0.236 e. The third kappa shape index (κ3) is 4.28. The second-order valence-corrected chi connectivity index (χ2v) is 5.64. The van der Waals surface area contributed by atoms with E-state index in [0.717, 1.165) is 36.0 Å². The summed E-state index contributed by atoms with van der Waals surface area (Å²) in [6.07, 6.45) is 3.41. The molecule has 0 aromatic heterocycles. The number of amides is 1. The highest BCUT2D eigenvalue weighted by Gasteiger charge is 2.15. The molecule has 0 unspecified atom stereocenters. The van der Waals surface area contributed by atoms with Gasteiger partial charge in [-0.15, -0.1) is 0 Å². The van der Waals surface area contributed by atoms with Gasteiger partial charge in [0.25, 0.3) is 0 Å². The van der Waals surface area contributed by atoms with Crippen LogP contribution in [0.3, 0.4) is 0 Å². The lowest BCUT2D eigenvalue weighted by Gasteiger charge is -2.26. The fourth-order valence-electron chi connectivity index (χ4n) is 2.24. The molecule has 1 aliphatic heterocycles. The molecule has 0 bridgehead atoms. The van der Waals surface area contributed by atoms with Gasteiger partial charge in [0.05, 0.1) is 6.54 Å². The monoisotopic (exact) mass is 328 g/mol. The van der Waals surface area contributed by atoms with E-state index in [0.29, 0.717) is 13.1 Å².